The molecule has 1 aromatic carbocycles. The Hall–Kier alpha value is -2.37. The zero-order valence-electron chi connectivity index (χ0n) is 15.9. The second kappa shape index (κ2) is 7.89. The molecule has 6 heteroatoms. The van der Waals surface area contributed by atoms with Crippen molar-refractivity contribution in [1.29, 1.82) is 0 Å². The molecule has 2 amide bonds. The fourth-order valence-electron chi connectivity index (χ4n) is 3.14. The number of likely N-dealkylation sites (tertiary alicyclic amines) is 1. The summed E-state index contributed by atoms with van der Waals surface area (Å²) >= 11 is 0. The number of nitrogens with zero attached hydrogens (tertiary/aromatic N) is 1. The minimum absolute atomic E-state index is 0.00997. The number of amides is 2. The maximum atomic E-state index is 12.4. The number of hydrogen-bond donors (Lipinski definition) is 2. The molecule has 0 aliphatic carbocycles. The number of piperidine rings is 1. The summed E-state index contributed by atoms with van der Waals surface area (Å²) in [5.41, 5.74) is 1.64. The fraction of sp³-hybridized carbons (Fsp3) is 0.550. The Labute approximate surface area is 154 Å². The van der Waals surface area contributed by atoms with E-state index < -0.39 is 11.9 Å². The Bertz CT molecular complexity index is 676. The van der Waals surface area contributed by atoms with Gasteiger partial charge in [0.2, 0.25) is 5.91 Å². The monoisotopic (exact) mass is 360 g/mol. The normalized spacial score (nSPS) is 20.5. The van der Waals surface area contributed by atoms with Gasteiger partial charge in [-0.15, -0.1) is 0 Å². The van der Waals surface area contributed by atoms with Crippen LogP contribution in [0.2, 0.25) is 0 Å². The van der Waals surface area contributed by atoms with Gasteiger partial charge in [-0.1, -0.05) is 32.9 Å². The summed E-state index contributed by atoms with van der Waals surface area (Å²) in [5, 5.41) is 11.8. The van der Waals surface area contributed by atoms with E-state index in [9.17, 15) is 14.4 Å². The number of nitrogens with one attached hydrogen (secondary N) is 1. The van der Waals surface area contributed by atoms with E-state index in [-0.39, 0.29) is 36.4 Å². The number of carboxylic acid groups (broad SMARTS) is 1. The molecular formula is C20H28N2O4. The molecule has 1 aliphatic rings. The maximum Gasteiger partial charge on any atom is 0.308 e. The molecule has 2 rings (SSSR count). The molecular weight excluding hydrogens is 332 g/mol. The fourth-order valence-corrected chi connectivity index (χ4v) is 3.14. The van der Waals surface area contributed by atoms with Crippen LogP contribution >= 0.6 is 0 Å². The van der Waals surface area contributed by atoms with Crippen molar-refractivity contribution in [1.82, 2.24) is 10.2 Å². The van der Waals surface area contributed by atoms with E-state index in [1.807, 2.05) is 19.1 Å². The van der Waals surface area contributed by atoms with Gasteiger partial charge in [0.05, 0.1) is 12.5 Å². The van der Waals surface area contributed by atoms with Crippen LogP contribution in [0.5, 0.6) is 0 Å². The van der Waals surface area contributed by atoms with Crippen molar-refractivity contribution in [2.45, 2.75) is 52.0 Å². The largest absolute Gasteiger partial charge is 0.481 e. The summed E-state index contributed by atoms with van der Waals surface area (Å²) in [6.07, 6.45) is 1.23. The second-order valence-corrected chi connectivity index (χ2v) is 8.02. The highest BCUT2D eigenvalue weighted by Gasteiger charge is 2.32. The second-order valence-electron chi connectivity index (χ2n) is 8.02. The van der Waals surface area contributed by atoms with Gasteiger partial charge in [-0.2, -0.15) is 0 Å². The van der Waals surface area contributed by atoms with Crippen LogP contribution in [0.3, 0.4) is 0 Å². The lowest BCUT2D eigenvalue weighted by Gasteiger charge is -2.36. The molecule has 6 nitrogen and oxygen atoms in total. The van der Waals surface area contributed by atoms with E-state index in [1.54, 1.807) is 17.0 Å². The highest BCUT2D eigenvalue weighted by molar-refractivity contribution is 5.96. The zero-order valence-corrected chi connectivity index (χ0v) is 15.9. The Morgan fingerprint density at radius 3 is 2.31 bits per heavy atom. The van der Waals surface area contributed by atoms with Gasteiger partial charge in [0.15, 0.2) is 0 Å². The van der Waals surface area contributed by atoms with Crippen LogP contribution in [0.4, 0.5) is 0 Å². The molecule has 0 bridgehead atoms. The Balaban J connectivity index is 1.93. The van der Waals surface area contributed by atoms with Crippen LogP contribution in [-0.2, 0) is 15.0 Å². The number of carboxylic acids is 1. The van der Waals surface area contributed by atoms with Crippen LogP contribution in [0.1, 0.15) is 56.5 Å². The summed E-state index contributed by atoms with van der Waals surface area (Å²) in [7, 11) is 0. The average Bonchev–Trinajstić information content (AvgIpc) is 2.58. The van der Waals surface area contributed by atoms with Crippen molar-refractivity contribution < 1.29 is 19.5 Å². The summed E-state index contributed by atoms with van der Waals surface area (Å²) < 4.78 is 0. The van der Waals surface area contributed by atoms with Crippen molar-refractivity contribution in [3.8, 4) is 0 Å². The molecule has 142 valence electrons. The number of benzene rings is 1. The summed E-state index contributed by atoms with van der Waals surface area (Å²) in [6.45, 7) is 8.28. The molecule has 26 heavy (non-hydrogen) atoms. The molecule has 0 saturated carbocycles. The quantitative estimate of drug-likeness (QED) is 0.863. The lowest BCUT2D eigenvalue weighted by atomic mass is 9.87. The van der Waals surface area contributed by atoms with Gasteiger partial charge in [-0.3, -0.25) is 14.4 Å². The number of rotatable bonds is 4. The predicted octanol–water partition coefficient (Wildman–Crippen LogP) is 2.43. The molecule has 2 atom stereocenters. The van der Waals surface area contributed by atoms with Gasteiger partial charge in [0.1, 0.15) is 0 Å². The molecule has 1 fully saturated rings. The van der Waals surface area contributed by atoms with Gasteiger partial charge >= 0.3 is 5.97 Å². The number of carbonyl (C=O) groups is 3. The third-order valence-corrected chi connectivity index (χ3v) is 4.96. The minimum Gasteiger partial charge on any atom is -0.481 e. The summed E-state index contributed by atoms with van der Waals surface area (Å²) in [4.78, 5) is 37.4. The van der Waals surface area contributed by atoms with Crippen molar-refractivity contribution in [2.75, 3.05) is 13.1 Å². The molecule has 2 unspecified atom stereocenters. The topological polar surface area (TPSA) is 86.7 Å². The van der Waals surface area contributed by atoms with E-state index >= 15 is 0 Å². The Morgan fingerprint density at radius 2 is 1.77 bits per heavy atom. The van der Waals surface area contributed by atoms with Gasteiger partial charge < -0.3 is 15.3 Å². The van der Waals surface area contributed by atoms with E-state index in [1.165, 1.54) is 0 Å². The lowest BCUT2D eigenvalue weighted by Crippen LogP contribution is -2.50. The summed E-state index contributed by atoms with van der Waals surface area (Å²) in [5.74, 6) is -1.96. The number of carbonyl (C=O) groups excluding carboxylic acids is 2. The molecule has 1 saturated heterocycles. The van der Waals surface area contributed by atoms with E-state index in [0.29, 0.717) is 18.4 Å². The van der Waals surface area contributed by atoms with Crippen LogP contribution in [-0.4, -0.2) is 46.9 Å². The van der Waals surface area contributed by atoms with Crippen LogP contribution in [0, 0.1) is 5.92 Å². The van der Waals surface area contributed by atoms with Gasteiger partial charge in [0, 0.05) is 18.2 Å². The zero-order chi connectivity index (χ0) is 19.5. The van der Waals surface area contributed by atoms with E-state index in [4.69, 9.17) is 5.11 Å². The standard InChI is InChI=1S/C20H28N2O4/c1-13-5-6-15(19(25)26)12-22(13)17(23)11-21-18(24)14-7-9-16(10-8-14)20(2,3)4/h7-10,13,15H,5-6,11-12H2,1-4H3,(H,21,24)(H,25,26). The molecule has 0 spiro atoms. The van der Waals surface area contributed by atoms with E-state index in [2.05, 4.69) is 26.1 Å². The number of hydrogen-bond acceptors (Lipinski definition) is 3. The van der Waals surface area contributed by atoms with Crippen molar-refractivity contribution in [3.05, 3.63) is 35.4 Å². The van der Waals surface area contributed by atoms with Gasteiger partial charge in [-0.05, 0) is 42.9 Å². The van der Waals surface area contributed by atoms with Crippen LogP contribution in [0.15, 0.2) is 24.3 Å². The predicted molar refractivity (Wildman–Crippen MR) is 99.0 cm³/mol. The van der Waals surface area contributed by atoms with Crippen LogP contribution < -0.4 is 5.32 Å². The van der Waals surface area contributed by atoms with Gasteiger partial charge in [0.25, 0.3) is 5.91 Å². The van der Waals surface area contributed by atoms with Gasteiger partial charge in [-0.25, -0.2) is 0 Å². The molecule has 2 N–H and O–H groups in total. The molecule has 1 aliphatic heterocycles. The van der Waals surface area contributed by atoms with Crippen molar-refractivity contribution in [3.63, 3.8) is 0 Å². The Kier molecular flexibility index (Phi) is 6.05. The van der Waals surface area contributed by atoms with E-state index in [0.717, 1.165) is 5.56 Å². The third kappa shape index (κ3) is 4.84. The number of aliphatic carboxylic acids is 1. The average molecular weight is 360 g/mol. The lowest BCUT2D eigenvalue weighted by molar-refractivity contribution is -0.146. The molecule has 0 aromatic heterocycles. The molecule has 1 heterocycles. The minimum atomic E-state index is -0.877. The first-order valence-electron chi connectivity index (χ1n) is 9.00. The SMILES string of the molecule is CC1CCC(C(=O)O)CN1C(=O)CNC(=O)c1ccc(C(C)(C)C)cc1. The first-order chi connectivity index (χ1) is 12.1. The maximum absolute atomic E-state index is 12.4. The van der Waals surface area contributed by atoms with Crippen molar-refractivity contribution in [2.24, 2.45) is 5.92 Å². The first-order valence-corrected chi connectivity index (χ1v) is 9.00. The molecule has 1 aromatic rings. The molecule has 0 radical (unpaired) electrons. The van der Waals surface area contributed by atoms with Crippen molar-refractivity contribution >= 4 is 17.8 Å². The summed E-state index contributed by atoms with van der Waals surface area (Å²) in [6, 6.07) is 7.33. The smallest absolute Gasteiger partial charge is 0.308 e. The Morgan fingerprint density at radius 1 is 1.15 bits per heavy atom. The van der Waals surface area contributed by atoms with Crippen LogP contribution in [0.25, 0.3) is 0 Å². The third-order valence-electron chi connectivity index (χ3n) is 4.96. The highest BCUT2D eigenvalue weighted by Crippen LogP contribution is 2.23. The first kappa shape index (κ1) is 19.9. The highest BCUT2D eigenvalue weighted by atomic mass is 16.4.